The van der Waals surface area contributed by atoms with Gasteiger partial charge in [-0.15, -0.1) is 20.5 Å². The third-order valence-electron chi connectivity index (χ3n) is 8.76. The van der Waals surface area contributed by atoms with Crippen LogP contribution in [0.3, 0.4) is 0 Å². The topological polar surface area (TPSA) is 408 Å². The molecule has 0 unspecified atom stereocenters. The second kappa shape index (κ2) is 17.6. The molecule has 0 fully saturated rings. The number of methoxy groups -OCH3 is 1. The summed E-state index contributed by atoms with van der Waals surface area (Å²) in [5.74, 6) is -5.85. The van der Waals surface area contributed by atoms with Crippen molar-refractivity contribution in [1.82, 2.24) is 9.78 Å². The number of carbonyl (C=O) groups excluding carboxylic acids is 1. The van der Waals surface area contributed by atoms with E-state index in [2.05, 4.69) is 35.8 Å². The second-order valence-corrected chi connectivity index (χ2v) is 17.2. The molecular formula is C36H27N9O17S3. The van der Waals surface area contributed by atoms with Gasteiger partial charge in [-0.1, -0.05) is 0 Å². The summed E-state index contributed by atoms with van der Waals surface area (Å²) in [7, 11) is -13.5. The number of phenols is 1. The zero-order valence-corrected chi connectivity index (χ0v) is 35.0. The number of phenolic OH excluding ortho intramolecular Hbond substituents is 1. The molecule has 0 bridgehead atoms. The van der Waals surface area contributed by atoms with Crippen LogP contribution in [-0.2, 0) is 39.9 Å². The van der Waals surface area contributed by atoms with Crippen LogP contribution in [0, 0.1) is 6.92 Å². The molecule has 0 aliphatic heterocycles. The molecule has 1 aromatic heterocycles. The molecule has 26 nitrogen and oxygen atoms in total. The summed E-state index contributed by atoms with van der Waals surface area (Å²) in [5.41, 5.74) is -3.84. The highest BCUT2D eigenvalue weighted by molar-refractivity contribution is 7.86. The molecule has 0 spiro atoms. The predicted octanol–water partition coefficient (Wildman–Crippen LogP) is 6.05. The fourth-order valence-electron chi connectivity index (χ4n) is 5.71. The zero-order valence-electron chi connectivity index (χ0n) is 32.5. The number of aromatic hydroxyl groups is 1. The SMILES string of the molecule is COc1cc(N=Nc2ccc(NC(=O)C(=O)O)cc2S(=O)(=O)O)c(C)cc1N=Nc1c(S(=O)(=O)O)cc2cc(N=Nc3c(C(=O)O)[nH]n(-c4ccc(S(=O)(=O)O)cc4)c3=O)ccc2c1O. The molecule has 5 aromatic carbocycles. The lowest BCUT2D eigenvalue weighted by Crippen LogP contribution is -2.21. The number of benzene rings is 5. The lowest BCUT2D eigenvalue weighted by Gasteiger charge is -2.10. The number of amides is 1. The highest BCUT2D eigenvalue weighted by Gasteiger charge is 2.25. The number of aromatic carboxylic acids is 1. The van der Waals surface area contributed by atoms with Gasteiger partial charge in [0.05, 0.1) is 29.1 Å². The number of ether oxygens (including phenoxy) is 1. The summed E-state index contributed by atoms with van der Waals surface area (Å²) in [5, 5.41) is 57.2. The Bertz CT molecular complexity index is 3490. The summed E-state index contributed by atoms with van der Waals surface area (Å²) in [6.07, 6.45) is 0. The van der Waals surface area contributed by atoms with Gasteiger partial charge in [0.2, 0.25) is 0 Å². The van der Waals surface area contributed by atoms with Crippen molar-refractivity contribution in [1.29, 1.82) is 0 Å². The molecular weight excluding hydrogens is 927 g/mol. The van der Waals surface area contributed by atoms with E-state index in [1.165, 1.54) is 38.3 Å². The fourth-order valence-corrected chi connectivity index (χ4v) is 7.50. The normalized spacial score (nSPS) is 12.4. The number of nitrogens with zero attached hydrogens (tertiary/aromatic N) is 7. The molecule has 336 valence electrons. The van der Waals surface area contributed by atoms with Gasteiger partial charge in [-0.3, -0.25) is 28.3 Å². The number of hydrogen-bond acceptors (Lipinski definition) is 18. The van der Waals surface area contributed by atoms with E-state index in [-0.39, 0.29) is 50.5 Å². The van der Waals surface area contributed by atoms with Crippen molar-refractivity contribution in [3.8, 4) is 17.2 Å². The van der Waals surface area contributed by atoms with Gasteiger partial charge < -0.3 is 25.4 Å². The Hall–Kier alpha value is -8.09. The van der Waals surface area contributed by atoms with Gasteiger partial charge in [-0.25, -0.2) is 14.3 Å². The van der Waals surface area contributed by atoms with Crippen LogP contribution in [0.1, 0.15) is 16.1 Å². The first kappa shape index (κ1) is 46.4. The average molecular weight is 954 g/mol. The molecule has 1 amide bonds. The maximum absolute atomic E-state index is 13.2. The third kappa shape index (κ3) is 10.1. The molecule has 6 aromatic rings. The van der Waals surface area contributed by atoms with Crippen LogP contribution in [0.5, 0.6) is 11.5 Å². The van der Waals surface area contributed by atoms with Gasteiger partial charge in [0.25, 0.3) is 35.9 Å². The number of azo groups is 3. The number of fused-ring (bicyclic) bond motifs is 1. The maximum atomic E-state index is 13.2. The third-order valence-corrected chi connectivity index (χ3v) is 11.4. The second-order valence-electron chi connectivity index (χ2n) is 13.0. The smallest absolute Gasteiger partial charge is 0.394 e. The lowest BCUT2D eigenvalue weighted by atomic mass is 10.1. The summed E-state index contributed by atoms with van der Waals surface area (Å²) >= 11 is 0. The molecule has 0 saturated carbocycles. The van der Waals surface area contributed by atoms with Crippen molar-refractivity contribution < 1.29 is 73.4 Å². The van der Waals surface area contributed by atoms with Gasteiger partial charge in [-0.2, -0.15) is 35.5 Å². The Labute approximate surface area is 363 Å². The zero-order chi connectivity index (χ0) is 47.8. The van der Waals surface area contributed by atoms with E-state index < -0.39 is 97.0 Å². The predicted molar refractivity (Wildman–Crippen MR) is 221 cm³/mol. The first-order valence-electron chi connectivity index (χ1n) is 17.4. The first-order valence-corrected chi connectivity index (χ1v) is 21.7. The maximum Gasteiger partial charge on any atom is 0.394 e. The Morgan fingerprint density at radius 3 is 1.92 bits per heavy atom. The molecule has 8 N–H and O–H groups in total. The molecule has 0 aliphatic rings. The first-order chi connectivity index (χ1) is 30.4. The lowest BCUT2D eigenvalue weighted by molar-refractivity contribution is -0.147. The van der Waals surface area contributed by atoms with Crippen LogP contribution in [-0.4, -0.2) is 89.0 Å². The Kier molecular flexibility index (Phi) is 12.6. The minimum absolute atomic E-state index is 0.0405. The number of hydrogen-bond donors (Lipinski definition) is 8. The van der Waals surface area contributed by atoms with Crippen molar-refractivity contribution in [2.24, 2.45) is 30.7 Å². The number of carboxylic acid groups (broad SMARTS) is 2. The monoisotopic (exact) mass is 953 g/mol. The van der Waals surface area contributed by atoms with Crippen LogP contribution >= 0.6 is 0 Å². The summed E-state index contributed by atoms with van der Waals surface area (Å²) in [4.78, 5) is 45.3. The van der Waals surface area contributed by atoms with Crippen LogP contribution in [0.25, 0.3) is 16.5 Å². The summed E-state index contributed by atoms with van der Waals surface area (Å²) in [6, 6.07) is 14.1. The summed E-state index contributed by atoms with van der Waals surface area (Å²) in [6.45, 7) is 1.49. The quantitative estimate of drug-likeness (QED) is 0.0371. The van der Waals surface area contributed by atoms with Crippen molar-refractivity contribution in [3.63, 3.8) is 0 Å². The van der Waals surface area contributed by atoms with Crippen LogP contribution in [0.2, 0.25) is 0 Å². The van der Waals surface area contributed by atoms with Crippen LogP contribution in [0.4, 0.5) is 39.8 Å². The molecule has 0 aliphatic carbocycles. The van der Waals surface area contributed by atoms with E-state index in [1.54, 1.807) is 0 Å². The number of H-pyrrole nitrogens is 1. The van der Waals surface area contributed by atoms with Gasteiger partial charge in [0.1, 0.15) is 32.6 Å². The number of nitrogens with one attached hydrogen (secondary N) is 2. The van der Waals surface area contributed by atoms with E-state index in [0.29, 0.717) is 0 Å². The number of aliphatic carboxylic acids is 1. The Morgan fingerprint density at radius 2 is 1.32 bits per heavy atom. The van der Waals surface area contributed by atoms with E-state index >= 15 is 0 Å². The van der Waals surface area contributed by atoms with E-state index in [9.17, 15) is 68.3 Å². The number of aromatic nitrogens is 2. The number of carboxylic acids is 2. The van der Waals surface area contributed by atoms with Crippen molar-refractivity contribution >= 4 is 98.8 Å². The van der Waals surface area contributed by atoms with Gasteiger partial charge in [0, 0.05) is 17.1 Å². The fraction of sp³-hybridized carbons (Fsp3) is 0.0556. The standard InChI is InChI=1S/C36H27N9O17S3/c1-16-11-25(26(62-2)15-24(16)40-39-23-10-4-18(37-33(47)36(51)52)14-27(23)64(56,57)58)41-42-29-28(65(59,60)61)13-17-12-19(3-9-22(17)32(29)46)38-43-30-31(35(49)50)44-45(34(30)48)20-5-7-21(8-6-20)63(53,54)55/h3-15,44,46H,1-2H3,(H,37,47)(H,49,50)(H,51,52)(H,53,54,55)(H,56,57,58)(H,59,60,61). The van der Waals surface area contributed by atoms with Crippen molar-refractivity contribution in [2.75, 3.05) is 12.4 Å². The van der Waals surface area contributed by atoms with Gasteiger partial charge >= 0.3 is 17.8 Å². The number of aromatic amines is 1. The van der Waals surface area contributed by atoms with Crippen LogP contribution in [0.15, 0.2) is 129 Å². The van der Waals surface area contributed by atoms with E-state index in [0.717, 1.165) is 59.3 Å². The number of carbonyl (C=O) groups is 3. The van der Waals surface area contributed by atoms with E-state index in [1.807, 2.05) is 5.32 Å². The molecule has 65 heavy (non-hydrogen) atoms. The molecule has 29 heteroatoms. The molecule has 0 radical (unpaired) electrons. The molecule has 0 atom stereocenters. The number of anilines is 1. The Balaban J connectivity index is 1.33. The minimum Gasteiger partial charge on any atom is -0.505 e. The molecule has 1 heterocycles. The minimum atomic E-state index is -5.16. The van der Waals surface area contributed by atoms with Crippen LogP contribution < -0.4 is 15.6 Å². The number of rotatable bonds is 13. The highest BCUT2D eigenvalue weighted by atomic mass is 32.2. The number of aryl methyl sites for hydroxylation is 1. The average Bonchev–Trinajstić information content (AvgIpc) is 3.57. The highest BCUT2D eigenvalue weighted by Crippen LogP contribution is 2.44. The summed E-state index contributed by atoms with van der Waals surface area (Å²) < 4.78 is 107. The van der Waals surface area contributed by atoms with Gasteiger partial charge in [0.15, 0.2) is 17.1 Å². The van der Waals surface area contributed by atoms with E-state index in [4.69, 9.17) is 9.84 Å². The van der Waals surface area contributed by atoms with Gasteiger partial charge in [-0.05, 0) is 90.7 Å². The van der Waals surface area contributed by atoms with Crippen molar-refractivity contribution in [2.45, 2.75) is 21.6 Å². The Morgan fingerprint density at radius 1 is 0.692 bits per heavy atom. The molecule has 6 rings (SSSR count). The van der Waals surface area contributed by atoms with Crippen molar-refractivity contribution in [3.05, 3.63) is 100 Å². The largest absolute Gasteiger partial charge is 0.505 e. The molecule has 0 saturated heterocycles.